The molecule has 0 aromatic rings. The van der Waals surface area contributed by atoms with Crippen LogP contribution in [0.15, 0.2) is 36.0 Å². The van der Waals surface area contributed by atoms with Gasteiger partial charge in [-0.3, -0.25) is 0 Å². The van der Waals surface area contributed by atoms with Gasteiger partial charge in [-0.25, -0.2) is 0 Å². The molecule has 3 aliphatic carbocycles. The lowest BCUT2D eigenvalue weighted by atomic mass is 9.61. The van der Waals surface area contributed by atoms with Crippen molar-refractivity contribution in [2.45, 2.75) is 122 Å². The molecule has 0 radical (unpaired) electrons. The van der Waals surface area contributed by atoms with Gasteiger partial charge in [0.25, 0.3) is 0 Å². The summed E-state index contributed by atoms with van der Waals surface area (Å²) in [5.41, 5.74) is -0.178. The minimum Gasteiger partial charge on any atom is -0.390 e. The highest BCUT2D eigenvalue weighted by Crippen LogP contribution is 2.59. The van der Waals surface area contributed by atoms with Gasteiger partial charge in [-0.05, 0) is 100 Å². The van der Waals surface area contributed by atoms with Gasteiger partial charge in [-0.15, -0.1) is 0 Å². The zero-order valence-corrected chi connectivity index (χ0v) is 22.2. The minimum atomic E-state index is -1.39. The van der Waals surface area contributed by atoms with Crippen molar-refractivity contribution in [1.82, 2.24) is 0 Å². The Balaban J connectivity index is 1.64. The third kappa shape index (κ3) is 5.72. The summed E-state index contributed by atoms with van der Waals surface area (Å²) < 4.78 is 0. The molecule has 0 amide bonds. The average Bonchev–Trinajstić information content (AvgIpc) is 3.16. The molecule has 3 aliphatic rings. The summed E-state index contributed by atoms with van der Waals surface area (Å²) >= 11 is 0. The lowest BCUT2D eigenvalue weighted by Crippen LogP contribution is -2.54. The van der Waals surface area contributed by atoms with E-state index in [4.69, 9.17) is 0 Å². The largest absolute Gasteiger partial charge is 0.390 e. The van der Waals surface area contributed by atoms with Gasteiger partial charge in [0.2, 0.25) is 0 Å². The first-order valence-corrected chi connectivity index (χ1v) is 13.8. The second kappa shape index (κ2) is 11.0. The minimum absolute atomic E-state index is 0.224. The van der Waals surface area contributed by atoms with E-state index >= 15 is 0 Å². The Morgan fingerprint density at radius 3 is 2.32 bits per heavy atom. The lowest BCUT2D eigenvalue weighted by molar-refractivity contribution is -0.167. The highest BCUT2D eigenvalue weighted by Gasteiger charge is 2.50. The highest BCUT2D eigenvalue weighted by molar-refractivity contribution is 5.20. The molecule has 0 aromatic heterocycles. The van der Waals surface area contributed by atoms with Crippen molar-refractivity contribution < 1.29 is 20.4 Å². The predicted molar refractivity (Wildman–Crippen MR) is 139 cm³/mol. The number of rotatable bonds is 8. The van der Waals surface area contributed by atoms with Crippen molar-refractivity contribution in [3.05, 3.63) is 36.0 Å². The van der Waals surface area contributed by atoms with Crippen molar-refractivity contribution in [1.29, 1.82) is 0 Å². The maximum Gasteiger partial charge on any atom is 0.113 e. The van der Waals surface area contributed by atoms with Crippen molar-refractivity contribution in [2.24, 2.45) is 29.1 Å². The van der Waals surface area contributed by atoms with E-state index in [-0.39, 0.29) is 5.92 Å². The van der Waals surface area contributed by atoms with E-state index in [0.29, 0.717) is 36.0 Å². The summed E-state index contributed by atoms with van der Waals surface area (Å²) in [6, 6.07) is 0. The van der Waals surface area contributed by atoms with E-state index in [1.165, 1.54) is 32.1 Å². The Bertz CT molecular complexity index is 748. The standard InChI is InChI=1S/C30H50O4/c1-6-30(34,7-2)18-9-8-11-21(3)24-15-16-25-23(12-10-17-28(24,25)4)14-13-22-19-26(31)29(5,33)27(32)20-22/h8-9,11,14,18,21-22,24-27,31-34H,6-7,10,12-13,15-17,19-20H2,1-5H3/t21-,22?,24?,25?,26-,27-,28?,29?/m1/s1. The fourth-order valence-electron chi connectivity index (χ4n) is 7.22. The van der Waals surface area contributed by atoms with Gasteiger partial charge in [-0.1, -0.05) is 63.6 Å². The first-order chi connectivity index (χ1) is 16.0. The molecule has 4 heteroatoms. The molecule has 0 saturated heterocycles. The molecule has 4 nitrogen and oxygen atoms in total. The second-order valence-electron chi connectivity index (χ2n) is 12.1. The lowest BCUT2D eigenvalue weighted by Gasteiger charge is -2.44. The SMILES string of the molecule is CCC(O)(C=CC=C[C@@H](C)C1CCC2C(=CCC3C[C@@H](O)C(C)(O)[C@H](O)C3)CCCC21C)CC. The van der Waals surface area contributed by atoms with Crippen molar-refractivity contribution in [3.8, 4) is 0 Å². The first-order valence-electron chi connectivity index (χ1n) is 13.8. The van der Waals surface area contributed by atoms with Crippen LogP contribution in [0.2, 0.25) is 0 Å². The number of allylic oxidation sites excluding steroid dienone is 5. The maximum atomic E-state index is 10.5. The third-order valence-electron chi connectivity index (χ3n) is 10.0. The Labute approximate surface area is 207 Å². The van der Waals surface area contributed by atoms with E-state index in [9.17, 15) is 20.4 Å². The number of fused-ring (bicyclic) bond motifs is 1. The van der Waals surface area contributed by atoms with Gasteiger partial charge in [0.15, 0.2) is 0 Å². The molecule has 194 valence electrons. The predicted octanol–water partition coefficient (Wildman–Crippen LogP) is 5.70. The summed E-state index contributed by atoms with van der Waals surface area (Å²) in [6.45, 7) is 10.4. The van der Waals surface area contributed by atoms with Crippen LogP contribution >= 0.6 is 0 Å². The zero-order chi connectivity index (χ0) is 25.1. The van der Waals surface area contributed by atoms with E-state index in [2.05, 4.69) is 32.1 Å². The summed E-state index contributed by atoms with van der Waals surface area (Å²) in [5.74, 6) is 2.02. The Kier molecular flexibility index (Phi) is 8.93. The summed E-state index contributed by atoms with van der Waals surface area (Å²) in [6.07, 6.45) is 18.8. The fourth-order valence-corrected chi connectivity index (χ4v) is 7.22. The monoisotopic (exact) mass is 474 g/mol. The molecule has 4 N–H and O–H groups in total. The molecule has 0 aliphatic heterocycles. The van der Waals surface area contributed by atoms with E-state index < -0.39 is 23.4 Å². The van der Waals surface area contributed by atoms with Crippen LogP contribution < -0.4 is 0 Å². The smallest absolute Gasteiger partial charge is 0.113 e. The van der Waals surface area contributed by atoms with E-state index in [1.54, 1.807) is 12.5 Å². The van der Waals surface area contributed by atoms with Gasteiger partial charge < -0.3 is 20.4 Å². The summed E-state index contributed by atoms with van der Waals surface area (Å²) in [4.78, 5) is 0. The van der Waals surface area contributed by atoms with E-state index in [0.717, 1.165) is 19.3 Å². The van der Waals surface area contributed by atoms with Crippen LogP contribution in [-0.4, -0.2) is 43.8 Å². The average molecular weight is 475 g/mol. The molecule has 3 rings (SSSR count). The Morgan fingerprint density at radius 1 is 1.06 bits per heavy atom. The third-order valence-corrected chi connectivity index (χ3v) is 10.0. The number of hydrogen-bond donors (Lipinski definition) is 4. The molecule has 6 atom stereocenters. The number of aliphatic hydroxyl groups is 4. The molecule has 34 heavy (non-hydrogen) atoms. The second-order valence-corrected chi connectivity index (χ2v) is 12.1. The van der Waals surface area contributed by atoms with Crippen LogP contribution in [0.4, 0.5) is 0 Å². The first kappa shape index (κ1) is 27.6. The molecule has 0 spiro atoms. The van der Waals surface area contributed by atoms with Crippen LogP contribution in [0.1, 0.15) is 98.8 Å². The Morgan fingerprint density at radius 2 is 1.71 bits per heavy atom. The molecule has 3 unspecified atom stereocenters. The van der Waals surface area contributed by atoms with Gasteiger partial charge >= 0.3 is 0 Å². The number of hydrogen-bond acceptors (Lipinski definition) is 4. The Hall–Kier alpha value is -0.940. The summed E-state index contributed by atoms with van der Waals surface area (Å²) in [5, 5.41) is 41.4. The van der Waals surface area contributed by atoms with Crippen LogP contribution in [0.3, 0.4) is 0 Å². The molecular formula is C30H50O4. The highest BCUT2D eigenvalue weighted by atomic mass is 16.4. The quantitative estimate of drug-likeness (QED) is 0.269. The normalized spacial score (nSPS) is 41.4. The molecule has 3 saturated carbocycles. The fraction of sp³-hybridized carbons (Fsp3) is 0.800. The molecule has 0 aromatic carbocycles. The molecular weight excluding hydrogens is 424 g/mol. The van der Waals surface area contributed by atoms with Crippen LogP contribution in [0, 0.1) is 29.1 Å². The zero-order valence-electron chi connectivity index (χ0n) is 22.2. The molecule has 0 heterocycles. The van der Waals surface area contributed by atoms with Crippen LogP contribution in [0.5, 0.6) is 0 Å². The molecule has 0 bridgehead atoms. The van der Waals surface area contributed by atoms with Gasteiger partial charge in [0, 0.05) is 0 Å². The van der Waals surface area contributed by atoms with Gasteiger partial charge in [0.05, 0.1) is 17.8 Å². The van der Waals surface area contributed by atoms with Crippen LogP contribution in [-0.2, 0) is 0 Å². The maximum absolute atomic E-state index is 10.5. The van der Waals surface area contributed by atoms with Crippen molar-refractivity contribution in [3.63, 3.8) is 0 Å². The molecule has 3 fully saturated rings. The van der Waals surface area contributed by atoms with Crippen molar-refractivity contribution >= 4 is 0 Å². The summed E-state index contributed by atoms with van der Waals surface area (Å²) in [7, 11) is 0. The topological polar surface area (TPSA) is 80.9 Å². The van der Waals surface area contributed by atoms with E-state index in [1.807, 2.05) is 26.0 Å². The van der Waals surface area contributed by atoms with Crippen LogP contribution in [0.25, 0.3) is 0 Å². The van der Waals surface area contributed by atoms with Gasteiger partial charge in [-0.2, -0.15) is 0 Å². The number of aliphatic hydroxyl groups excluding tert-OH is 2. The van der Waals surface area contributed by atoms with Crippen molar-refractivity contribution in [2.75, 3.05) is 0 Å². The van der Waals surface area contributed by atoms with Gasteiger partial charge in [0.1, 0.15) is 5.60 Å².